The van der Waals surface area contributed by atoms with Crippen molar-refractivity contribution in [1.29, 1.82) is 0 Å². The molecule has 0 N–H and O–H groups in total. The largest absolute Gasteiger partial charge is 0.174 e. The van der Waals surface area contributed by atoms with E-state index in [1.165, 1.54) is 0 Å². The van der Waals surface area contributed by atoms with Crippen molar-refractivity contribution < 1.29 is 0 Å². The predicted octanol–water partition coefficient (Wildman–Crippen LogP) is 2.96. The van der Waals surface area contributed by atoms with E-state index >= 15 is 0 Å². The zero-order chi connectivity index (χ0) is 7.98. The number of hydrogen-bond acceptors (Lipinski definition) is 0. The van der Waals surface area contributed by atoms with Crippen LogP contribution in [0.4, 0.5) is 0 Å². The Morgan fingerprint density at radius 1 is 1.20 bits per heavy atom. The highest BCUT2D eigenvalue weighted by Crippen LogP contribution is 2.11. The molecule has 0 aliphatic heterocycles. The number of hydrogen-bond donors (Lipinski definition) is 0. The van der Waals surface area contributed by atoms with Gasteiger partial charge in [-0.15, -0.1) is 0 Å². The molecule has 0 amide bonds. The lowest BCUT2D eigenvalue weighted by atomic mass is 10.2. The van der Waals surface area contributed by atoms with Gasteiger partial charge in [-0.2, -0.15) is 11.1 Å². The molecule has 53 valence electrons. The fourth-order valence-corrected chi connectivity index (χ4v) is 0.687. The van der Waals surface area contributed by atoms with Crippen LogP contribution in [0.2, 0.25) is 5.02 Å². The molecule has 0 aliphatic rings. The Hall–Kier alpha value is 0.0169. The number of aryl methyl sites for hydroxylation is 1. The van der Waals surface area contributed by atoms with Crippen molar-refractivity contribution in [1.82, 2.24) is 0 Å². The third-order valence-corrected chi connectivity index (χ3v) is 1.50. The van der Waals surface area contributed by atoms with Crippen LogP contribution in [-0.2, 0) is 0 Å². The van der Waals surface area contributed by atoms with Gasteiger partial charge in [0.05, 0.1) is 0 Å². The molecule has 0 saturated heterocycles. The second-order valence-corrected chi connectivity index (χ2v) is 2.16. The Morgan fingerprint density at radius 3 is 2.00 bits per heavy atom. The van der Waals surface area contributed by atoms with E-state index in [0.29, 0.717) is 0 Å². The fraction of sp³-hybridized carbons (Fsp3) is 0.143. The molecule has 0 heterocycles. The lowest BCUT2D eigenvalue weighted by Crippen LogP contribution is -1.68. The molecule has 10 heavy (non-hydrogen) atoms. The summed E-state index contributed by atoms with van der Waals surface area (Å²) in [4.78, 5) is 0. The molecule has 3 radical (unpaired) electrons. The molecule has 0 nitrogen and oxygen atoms in total. The summed E-state index contributed by atoms with van der Waals surface area (Å²) in [5.41, 5.74) is 1.13. The maximum absolute atomic E-state index is 5.71. The molecular formula is C7H7Cl2Si. The Bertz CT molecular complexity index is 168. The van der Waals surface area contributed by atoms with E-state index < -0.39 is 0 Å². The molecular weight excluding hydrogens is 183 g/mol. The van der Waals surface area contributed by atoms with E-state index in [1.54, 1.807) is 0 Å². The van der Waals surface area contributed by atoms with Gasteiger partial charge in [0, 0.05) is 5.02 Å². The zero-order valence-corrected chi connectivity index (χ0v) is 8.08. The maximum Gasteiger partial charge on any atom is 0.174 e. The highest BCUT2D eigenvalue weighted by molar-refractivity contribution is 6.80. The molecule has 1 aromatic rings. The first-order chi connectivity index (χ1) is 4.80. The summed E-state index contributed by atoms with van der Waals surface area (Å²) in [6.07, 6.45) is 0. The normalized spacial score (nSPS) is 8.00. The second-order valence-electron chi connectivity index (χ2n) is 1.75. The molecule has 0 spiro atoms. The van der Waals surface area contributed by atoms with Gasteiger partial charge in [0.15, 0.2) is 9.55 Å². The smallest absolute Gasteiger partial charge is 0.174 e. The number of rotatable bonds is 0. The zero-order valence-electron chi connectivity index (χ0n) is 5.57. The molecule has 0 aromatic heterocycles. The highest BCUT2D eigenvalue weighted by Gasteiger charge is 1.86. The van der Waals surface area contributed by atoms with Crippen molar-refractivity contribution >= 4 is 32.2 Å². The first-order valence-electron chi connectivity index (χ1n) is 2.71. The van der Waals surface area contributed by atoms with Crippen LogP contribution >= 0.6 is 22.7 Å². The summed E-state index contributed by atoms with van der Waals surface area (Å²) < 4.78 is 0. The fourth-order valence-electron chi connectivity index (χ4n) is 0.551. The van der Waals surface area contributed by atoms with E-state index in [-0.39, 0.29) is 0 Å². The van der Waals surface area contributed by atoms with E-state index in [0.717, 1.165) is 10.6 Å². The monoisotopic (exact) mass is 189 g/mol. The Kier molecular flexibility index (Phi) is 5.79. The van der Waals surface area contributed by atoms with Crippen LogP contribution in [0.1, 0.15) is 5.56 Å². The van der Waals surface area contributed by atoms with Crippen LogP contribution in [0.5, 0.6) is 0 Å². The molecule has 3 heteroatoms. The first kappa shape index (κ1) is 10.0. The number of halogens is 2. The summed E-state index contributed by atoms with van der Waals surface area (Å²) in [5.74, 6) is 0. The van der Waals surface area contributed by atoms with Gasteiger partial charge < -0.3 is 0 Å². The van der Waals surface area contributed by atoms with E-state index in [1.807, 2.05) is 31.2 Å². The van der Waals surface area contributed by atoms with Gasteiger partial charge in [-0.25, -0.2) is 0 Å². The molecule has 0 atom stereocenters. The van der Waals surface area contributed by atoms with Crippen LogP contribution in [0, 0.1) is 6.92 Å². The van der Waals surface area contributed by atoms with E-state index in [4.69, 9.17) is 11.6 Å². The van der Waals surface area contributed by atoms with Crippen molar-refractivity contribution in [2.75, 3.05) is 0 Å². The number of benzene rings is 1. The van der Waals surface area contributed by atoms with Crippen LogP contribution in [-0.4, -0.2) is 9.55 Å². The lowest BCUT2D eigenvalue weighted by molar-refractivity contribution is 1.47. The van der Waals surface area contributed by atoms with Gasteiger partial charge in [-0.1, -0.05) is 29.8 Å². The lowest BCUT2D eigenvalue weighted by Gasteiger charge is -1.90. The van der Waals surface area contributed by atoms with Gasteiger partial charge in [-0.3, -0.25) is 0 Å². The Balaban J connectivity index is 0.000000371. The van der Waals surface area contributed by atoms with Crippen molar-refractivity contribution in [3.8, 4) is 0 Å². The second kappa shape index (κ2) is 5.78. The highest BCUT2D eigenvalue weighted by atomic mass is 35.6. The average Bonchev–Trinajstić information content (AvgIpc) is 2.00. The summed E-state index contributed by atoms with van der Waals surface area (Å²) in [5, 5.41) is 0.840. The quantitative estimate of drug-likeness (QED) is 0.435. The summed E-state index contributed by atoms with van der Waals surface area (Å²) in [6, 6.07) is 7.77. The molecule has 0 aliphatic carbocycles. The standard InChI is InChI=1S/C7H7Cl.ClSi/c1-6-4-2-3-5-7(6)8;1-2/h2-5H,1H3;. The molecule has 0 bridgehead atoms. The molecule has 0 unspecified atom stereocenters. The third kappa shape index (κ3) is 3.25. The topological polar surface area (TPSA) is 0 Å². The van der Waals surface area contributed by atoms with Crippen LogP contribution in [0.15, 0.2) is 24.3 Å². The van der Waals surface area contributed by atoms with Gasteiger partial charge >= 0.3 is 0 Å². The SMILES string of the molecule is Cc1ccccc1Cl.[Si]Cl. The minimum Gasteiger partial charge on any atom is -0.174 e. The molecule has 0 saturated carbocycles. The molecule has 1 aromatic carbocycles. The minimum absolute atomic E-state index is 0.840. The van der Waals surface area contributed by atoms with Gasteiger partial charge in [0.25, 0.3) is 0 Å². The summed E-state index contributed by atoms with van der Waals surface area (Å²) in [7, 11) is 2.44. The maximum atomic E-state index is 5.71. The Morgan fingerprint density at radius 2 is 1.70 bits per heavy atom. The van der Waals surface area contributed by atoms with Crippen molar-refractivity contribution in [3.05, 3.63) is 34.9 Å². The molecule has 0 fully saturated rings. The predicted molar refractivity (Wildman–Crippen MR) is 47.8 cm³/mol. The summed E-state index contributed by atoms with van der Waals surface area (Å²) in [6.45, 7) is 1.99. The van der Waals surface area contributed by atoms with E-state index in [9.17, 15) is 0 Å². The average molecular weight is 190 g/mol. The van der Waals surface area contributed by atoms with Crippen LogP contribution in [0.25, 0.3) is 0 Å². The van der Waals surface area contributed by atoms with Gasteiger partial charge in [-0.05, 0) is 18.6 Å². The first-order valence-corrected chi connectivity index (χ1v) is 4.60. The minimum atomic E-state index is 0.840. The van der Waals surface area contributed by atoms with Crippen LogP contribution < -0.4 is 0 Å². The van der Waals surface area contributed by atoms with Crippen molar-refractivity contribution in [2.24, 2.45) is 0 Å². The van der Waals surface area contributed by atoms with Gasteiger partial charge in [0.1, 0.15) is 0 Å². The Labute approximate surface area is 74.3 Å². The molecule has 1 rings (SSSR count). The van der Waals surface area contributed by atoms with E-state index in [2.05, 4.69) is 20.6 Å². The van der Waals surface area contributed by atoms with Gasteiger partial charge in [0.2, 0.25) is 0 Å². The third-order valence-electron chi connectivity index (χ3n) is 1.08. The van der Waals surface area contributed by atoms with Crippen LogP contribution in [0.3, 0.4) is 0 Å². The van der Waals surface area contributed by atoms with Crippen molar-refractivity contribution in [3.63, 3.8) is 0 Å². The van der Waals surface area contributed by atoms with Crippen molar-refractivity contribution in [2.45, 2.75) is 6.92 Å². The summed E-state index contributed by atoms with van der Waals surface area (Å²) >= 11 is 10.2.